The standard InChI is InChI=1S/C33H46N6O3S2.3H2/c1-33(2,3)13-19-39-30(41)26(44-31(39)27-21-35-29(43-27)23-8-14-34-15-9-23)20-28(40)37-16-11-24(12-17-37)38-18-10-22-6-4-5-7-25(22)36-32(38)42;;;/h4-7,21,23-24,26,31,34H,8-20H2,1-3H3,(H,36,42);3*1H/t26-,31?;;;/m0.../s1. The van der Waals surface area contributed by atoms with Gasteiger partial charge in [-0.15, -0.1) is 23.1 Å². The van der Waals surface area contributed by atoms with E-state index in [0.717, 1.165) is 67.7 Å². The number of urea groups is 1. The van der Waals surface area contributed by atoms with Crippen LogP contribution in [0, 0.1) is 5.41 Å². The summed E-state index contributed by atoms with van der Waals surface area (Å²) in [4.78, 5) is 52.2. The van der Waals surface area contributed by atoms with Crippen molar-refractivity contribution in [2.45, 2.75) is 88.3 Å². The molecule has 0 aliphatic carbocycles. The van der Waals surface area contributed by atoms with Crippen molar-refractivity contribution in [1.82, 2.24) is 25.0 Å². The highest BCUT2D eigenvalue weighted by molar-refractivity contribution is 8.01. The van der Waals surface area contributed by atoms with E-state index in [-0.39, 0.29) is 50.6 Å². The minimum atomic E-state index is -0.385. The van der Waals surface area contributed by atoms with Crippen LogP contribution < -0.4 is 10.6 Å². The van der Waals surface area contributed by atoms with Crippen molar-refractivity contribution in [3.05, 3.63) is 45.9 Å². The molecule has 0 bridgehead atoms. The van der Waals surface area contributed by atoms with E-state index in [1.165, 1.54) is 5.01 Å². The molecule has 4 aliphatic rings. The molecule has 4 amide bonds. The number of likely N-dealkylation sites (tertiary alicyclic amines) is 1. The maximum Gasteiger partial charge on any atom is 0.322 e. The van der Waals surface area contributed by atoms with E-state index in [0.29, 0.717) is 32.1 Å². The van der Waals surface area contributed by atoms with Gasteiger partial charge in [0.1, 0.15) is 5.37 Å². The van der Waals surface area contributed by atoms with Gasteiger partial charge in [0.2, 0.25) is 11.8 Å². The summed E-state index contributed by atoms with van der Waals surface area (Å²) in [5.41, 5.74) is 2.15. The van der Waals surface area contributed by atoms with Crippen molar-refractivity contribution in [2.24, 2.45) is 5.41 Å². The van der Waals surface area contributed by atoms with Crippen LogP contribution in [0.5, 0.6) is 0 Å². The summed E-state index contributed by atoms with van der Waals surface area (Å²) in [5.74, 6) is 0.597. The molecule has 3 fully saturated rings. The summed E-state index contributed by atoms with van der Waals surface area (Å²) in [6.07, 6.45) is 7.62. The Labute approximate surface area is 274 Å². The molecule has 2 atom stereocenters. The van der Waals surface area contributed by atoms with Crippen LogP contribution in [0.4, 0.5) is 10.5 Å². The minimum absolute atomic E-state index is 0. The van der Waals surface area contributed by atoms with Gasteiger partial charge in [0.25, 0.3) is 0 Å². The predicted molar refractivity (Wildman–Crippen MR) is 183 cm³/mol. The lowest BCUT2D eigenvalue weighted by molar-refractivity contribution is -0.137. The lowest BCUT2D eigenvalue weighted by Crippen LogP contribution is -2.50. The van der Waals surface area contributed by atoms with Crippen molar-refractivity contribution in [2.75, 3.05) is 44.6 Å². The molecule has 0 spiro atoms. The average Bonchev–Trinajstić information content (AvgIpc) is 3.57. The van der Waals surface area contributed by atoms with E-state index < -0.39 is 0 Å². The summed E-state index contributed by atoms with van der Waals surface area (Å²) in [5, 5.41) is 7.21. The number of rotatable bonds is 7. The molecule has 6 rings (SSSR count). The zero-order valence-corrected chi connectivity index (χ0v) is 27.9. The van der Waals surface area contributed by atoms with Crippen LogP contribution in [0.25, 0.3) is 0 Å². The van der Waals surface area contributed by atoms with Gasteiger partial charge in [0.05, 0.1) is 15.1 Å². The fraction of sp³-hybridized carbons (Fsp3) is 0.636. The Morgan fingerprint density at radius 1 is 1.07 bits per heavy atom. The molecule has 4 aliphatic heterocycles. The van der Waals surface area contributed by atoms with E-state index in [9.17, 15) is 14.4 Å². The van der Waals surface area contributed by atoms with Crippen LogP contribution in [0.1, 0.15) is 90.3 Å². The van der Waals surface area contributed by atoms with E-state index in [2.05, 4.69) is 37.5 Å². The first-order valence-electron chi connectivity index (χ1n) is 16.2. The van der Waals surface area contributed by atoms with Crippen LogP contribution in [0.3, 0.4) is 0 Å². The minimum Gasteiger partial charge on any atom is -0.342 e. The van der Waals surface area contributed by atoms with Crippen molar-refractivity contribution >= 4 is 46.6 Å². The summed E-state index contributed by atoms with van der Waals surface area (Å²) in [6, 6.07) is 8.03. The van der Waals surface area contributed by atoms with Crippen molar-refractivity contribution in [1.29, 1.82) is 0 Å². The highest BCUT2D eigenvalue weighted by Gasteiger charge is 2.44. The fourth-order valence-corrected chi connectivity index (χ4v) is 9.50. The maximum absolute atomic E-state index is 13.8. The van der Waals surface area contributed by atoms with E-state index >= 15 is 0 Å². The van der Waals surface area contributed by atoms with Gasteiger partial charge in [0.15, 0.2) is 0 Å². The number of carbonyl (C=O) groups is 3. The first-order valence-corrected chi connectivity index (χ1v) is 18.0. The molecule has 9 nitrogen and oxygen atoms in total. The van der Waals surface area contributed by atoms with Gasteiger partial charge >= 0.3 is 6.03 Å². The summed E-state index contributed by atoms with van der Waals surface area (Å²) in [6.45, 7) is 11.2. The third-order valence-corrected chi connectivity index (χ3v) is 12.3. The number of fused-ring (bicyclic) bond motifs is 1. The Bertz CT molecular complexity index is 1360. The Morgan fingerprint density at radius 3 is 2.57 bits per heavy atom. The van der Waals surface area contributed by atoms with Crippen molar-refractivity contribution in [3.8, 4) is 0 Å². The highest BCUT2D eigenvalue weighted by atomic mass is 32.2. The molecule has 3 saturated heterocycles. The summed E-state index contributed by atoms with van der Waals surface area (Å²) in [7, 11) is 0. The van der Waals surface area contributed by atoms with Gasteiger partial charge in [-0.25, -0.2) is 9.78 Å². The number of carbonyl (C=O) groups excluding carboxylic acids is 3. The number of anilines is 1. The Morgan fingerprint density at radius 2 is 1.82 bits per heavy atom. The fourth-order valence-electron chi connectivity index (χ4n) is 6.75. The second-order valence-electron chi connectivity index (χ2n) is 13.8. The second-order valence-corrected chi connectivity index (χ2v) is 16.2. The van der Waals surface area contributed by atoms with Gasteiger partial charge in [-0.2, -0.15) is 0 Å². The van der Waals surface area contributed by atoms with Gasteiger partial charge in [-0.3, -0.25) is 9.59 Å². The highest BCUT2D eigenvalue weighted by Crippen LogP contribution is 2.47. The molecular formula is C33H52N6O3S2. The predicted octanol–water partition coefficient (Wildman–Crippen LogP) is 6.20. The molecule has 244 valence electrons. The molecule has 2 aromatic rings. The molecule has 11 heteroatoms. The van der Waals surface area contributed by atoms with Gasteiger partial charge in [-0.05, 0) is 68.7 Å². The Balaban J connectivity index is 0.00000200. The first-order chi connectivity index (χ1) is 21.2. The maximum atomic E-state index is 13.8. The number of thioether (sulfide) groups is 1. The topological polar surface area (TPSA) is 97.9 Å². The van der Waals surface area contributed by atoms with E-state index in [4.69, 9.17) is 4.98 Å². The van der Waals surface area contributed by atoms with E-state index in [1.54, 1.807) is 23.1 Å². The molecule has 2 N–H and O–H groups in total. The lowest BCUT2D eigenvalue weighted by atomic mass is 9.92. The monoisotopic (exact) mass is 644 g/mol. The first kappa shape index (κ1) is 31.4. The lowest BCUT2D eigenvalue weighted by Gasteiger charge is -2.38. The number of piperidine rings is 2. The SMILES string of the molecule is CC(C)(C)CCN1C(=O)[C@H](CC(=O)N2CCC(N3CCc4ccccc4NC3=O)CC2)SC1c1cnc(C2CCNCC2)s1.[HH].[HH].[HH]. The van der Waals surface area contributed by atoms with Crippen molar-refractivity contribution < 1.29 is 18.7 Å². The van der Waals surface area contributed by atoms with Crippen molar-refractivity contribution in [3.63, 3.8) is 0 Å². The van der Waals surface area contributed by atoms with Crippen LogP contribution in [0.15, 0.2) is 30.5 Å². The molecule has 1 aromatic heterocycles. The summed E-state index contributed by atoms with van der Waals surface area (Å²) >= 11 is 3.38. The van der Waals surface area contributed by atoms with Crippen LogP contribution in [0.2, 0.25) is 0 Å². The number of hydrogen-bond donors (Lipinski definition) is 2. The molecule has 0 saturated carbocycles. The number of benzene rings is 1. The number of thiazole rings is 1. The molecule has 1 unspecified atom stereocenters. The molecule has 0 radical (unpaired) electrons. The number of amides is 4. The number of hydrogen-bond acceptors (Lipinski definition) is 7. The third kappa shape index (κ3) is 7.10. The number of nitrogens with one attached hydrogen (secondary N) is 2. The average molecular weight is 645 g/mol. The Hall–Kier alpha value is -2.63. The number of para-hydroxylation sites is 1. The molecule has 44 heavy (non-hydrogen) atoms. The third-order valence-electron chi connectivity index (χ3n) is 9.47. The number of aromatic nitrogens is 1. The quantitative estimate of drug-likeness (QED) is 0.373. The van der Waals surface area contributed by atoms with Gasteiger partial charge < -0.3 is 25.3 Å². The van der Waals surface area contributed by atoms with Gasteiger partial charge in [0, 0.05) is 60.7 Å². The smallest absolute Gasteiger partial charge is 0.322 e. The van der Waals surface area contributed by atoms with Crippen LogP contribution in [-0.4, -0.2) is 88.1 Å². The Kier molecular flexibility index (Phi) is 9.54. The molecule has 1 aromatic carbocycles. The van der Waals surface area contributed by atoms with E-state index in [1.807, 2.05) is 39.1 Å². The zero-order valence-electron chi connectivity index (χ0n) is 26.2. The normalized spacial score (nSPS) is 23.9. The largest absolute Gasteiger partial charge is 0.342 e. The van der Waals surface area contributed by atoms with Crippen LogP contribution >= 0.6 is 23.1 Å². The molecular weight excluding hydrogens is 593 g/mol. The number of nitrogens with zero attached hydrogens (tertiary/aromatic N) is 4. The second kappa shape index (κ2) is 13.4. The van der Waals surface area contributed by atoms with Gasteiger partial charge in [-0.1, -0.05) is 39.0 Å². The molecule has 5 heterocycles. The zero-order chi connectivity index (χ0) is 30.8. The summed E-state index contributed by atoms with van der Waals surface area (Å²) < 4.78 is 0. The van der Waals surface area contributed by atoms with Crippen LogP contribution in [-0.2, 0) is 16.0 Å².